The number of nitrogens with zero attached hydrogens (tertiary/aromatic N) is 1. The number of rotatable bonds is 7. The van der Waals surface area contributed by atoms with Crippen molar-refractivity contribution in [3.8, 4) is 17.2 Å². The van der Waals surface area contributed by atoms with Crippen molar-refractivity contribution in [1.82, 2.24) is 10.2 Å². The maximum Gasteiger partial charge on any atom is 0.294 e. The van der Waals surface area contributed by atoms with Gasteiger partial charge in [0.05, 0.1) is 12.0 Å². The van der Waals surface area contributed by atoms with Gasteiger partial charge < -0.3 is 20.3 Å². The normalized spacial score (nSPS) is 15.0. The number of thioether (sulfide) groups is 1. The summed E-state index contributed by atoms with van der Waals surface area (Å²) in [5.74, 6) is -0.817. The predicted molar refractivity (Wildman–Crippen MR) is 112 cm³/mol. The maximum absolute atomic E-state index is 12.5. The quantitative estimate of drug-likeness (QED) is 0.458. The number of amides is 3. The van der Waals surface area contributed by atoms with Crippen LogP contribution in [0.15, 0.2) is 47.4 Å². The third kappa shape index (κ3) is 5.12. The van der Waals surface area contributed by atoms with Gasteiger partial charge in [0.15, 0.2) is 11.5 Å². The molecular formula is C21H20N2O6S. The molecule has 1 fully saturated rings. The maximum atomic E-state index is 12.5. The summed E-state index contributed by atoms with van der Waals surface area (Å²) in [6, 6.07) is 11.5. The lowest BCUT2D eigenvalue weighted by Gasteiger charge is -2.12. The first-order chi connectivity index (χ1) is 14.4. The molecular weight excluding hydrogens is 408 g/mol. The van der Waals surface area contributed by atoms with E-state index in [0.29, 0.717) is 17.7 Å². The molecule has 9 heteroatoms. The summed E-state index contributed by atoms with van der Waals surface area (Å²) < 4.78 is 5.15. The molecule has 0 atom stereocenters. The highest BCUT2D eigenvalue weighted by Crippen LogP contribution is 2.32. The molecule has 0 unspecified atom stereocenters. The Hall–Kier alpha value is -3.46. The van der Waals surface area contributed by atoms with Gasteiger partial charge in [-0.3, -0.25) is 19.3 Å². The van der Waals surface area contributed by atoms with Crippen molar-refractivity contribution in [2.45, 2.75) is 6.42 Å². The standard InChI is InChI=1S/C21H20N2O6S/c1-29-15-4-2-3-14(9-15)11-18-20(27)23(21(28)30-18)12-19(26)22-8-7-13-5-6-16(24)17(25)10-13/h2-6,9-11,24-25H,7-8,12H2,1H3,(H,22,26). The first-order valence-corrected chi connectivity index (χ1v) is 9.86. The van der Waals surface area contributed by atoms with Crippen LogP contribution in [0.25, 0.3) is 6.08 Å². The van der Waals surface area contributed by atoms with Crippen molar-refractivity contribution in [2.24, 2.45) is 0 Å². The average Bonchev–Trinajstić information content (AvgIpc) is 2.98. The zero-order valence-electron chi connectivity index (χ0n) is 16.1. The predicted octanol–water partition coefficient (Wildman–Crippen LogP) is 2.50. The van der Waals surface area contributed by atoms with Crippen LogP contribution in [0, 0.1) is 0 Å². The van der Waals surface area contributed by atoms with Crippen molar-refractivity contribution in [3.05, 3.63) is 58.5 Å². The van der Waals surface area contributed by atoms with Crippen molar-refractivity contribution in [3.63, 3.8) is 0 Å². The molecule has 156 valence electrons. The van der Waals surface area contributed by atoms with E-state index < -0.39 is 17.1 Å². The van der Waals surface area contributed by atoms with E-state index in [1.165, 1.54) is 19.2 Å². The van der Waals surface area contributed by atoms with Gasteiger partial charge >= 0.3 is 0 Å². The molecule has 30 heavy (non-hydrogen) atoms. The highest BCUT2D eigenvalue weighted by molar-refractivity contribution is 8.18. The van der Waals surface area contributed by atoms with Crippen molar-refractivity contribution in [2.75, 3.05) is 20.2 Å². The Morgan fingerprint density at radius 3 is 2.70 bits per heavy atom. The summed E-state index contributed by atoms with van der Waals surface area (Å²) >= 11 is 0.782. The van der Waals surface area contributed by atoms with Crippen LogP contribution in [0.5, 0.6) is 17.2 Å². The lowest BCUT2D eigenvalue weighted by molar-refractivity contribution is -0.129. The summed E-state index contributed by atoms with van der Waals surface area (Å²) in [5, 5.41) is 20.9. The number of phenols is 2. The molecule has 2 aromatic carbocycles. The second kappa shape index (κ2) is 9.36. The van der Waals surface area contributed by atoms with Crippen LogP contribution in [0.1, 0.15) is 11.1 Å². The van der Waals surface area contributed by atoms with Gasteiger partial charge in [-0.05, 0) is 59.7 Å². The number of ether oxygens (including phenoxy) is 1. The van der Waals surface area contributed by atoms with Crippen LogP contribution in [0.2, 0.25) is 0 Å². The highest BCUT2D eigenvalue weighted by Gasteiger charge is 2.36. The van der Waals surface area contributed by atoms with Crippen LogP contribution in [0.4, 0.5) is 4.79 Å². The molecule has 0 spiro atoms. The Balaban J connectivity index is 1.56. The molecule has 1 saturated heterocycles. The molecule has 2 aromatic rings. The third-order valence-electron chi connectivity index (χ3n) is 4.34. The molecule has 0 aliphatic carbocycles. The summed E-state index contributed by atoms with van der Waals surface area (Å²) in [7, 11) is 1.54. The molecule has 3 rings (SSSR count). The highest BCUT2D eigenvalue weighted by atomic mass is 32.2. The number of benzene rings is 2. The van der Waals surface area contributed by atoms with Crippen LogP contribution < -0.4 is 10.1 Å². The SMILES string of the molecule is COc1cccc(C=C2SC(=O)N(CC(=O)NCCc3ccc(O)c(O)c3)C2=O)c1. The number of phenolic OH excluding ortho intramolecular Hbond substituents is 2. The van der Waals surface area contributed by atoms with E-state index in [-0.39, 0.29) is 29.5 Å². The van der Waals surface area contributed by atoms with E-state index in [1.807, 2.05) is 0 Å². The molecule has 0 aromatic heterocycles. The number of nitrogens with one attached hydrogen (secondary N) is 1. The number of imide groups is 1. The van der Waals surface area contributed by atoms with Gasteiger partial charge in [-0.25, -0.2) is 0 Å². The van der Waals surface area contributed by atoms with Gasteiger partial charge in [0.25, 0.3) is 11.1 Å². The smallest absolute Gasteiger partial charge is 0.294 e. The fourth-order valence-electron chi connectivity index (χ4n) is 2.79. The van der Waals surface area contributed by atoms with E-state index in [2.05, 4.69) is 5.32 Å². The van der Waals surface area contributed by atoms with E-state index in [9.17, 15) is 24.6 Å². The van der Waals surface area contributed by atoms with Crippen LogP contribution in [0.3, 0.4) is 0 Å². The molecule has 3 amide bonds. The molecule has 0 saturated carbocycles. The lowest BCUT2D eigenvalue weighted by atomic mass is 10.1. The zero-order valence-corrected chi connectivity index (χ0v) is 16.9. The molecule has 8 nitrogen and oxygen atoms in total. The summed E-state index contributed by atoms with van der Waals surface area (Å²) in [4.78, 5) is 38.0. The van der Waals surface area contributed by atoms with Gasteiger partial charge in [0.1, 0.15) is 12.3 Å². The average molecular weight is 428 g/mol. The molecule has 1 aliphatic rings. The topological polar surface area (TPSA) is 116 Å². The Morgan fingerprint density at radius 1 is 1.17 bits per heavy atom. The van der Waals surface area contributed by atoms with Crippen molar-refractivity contribution < 1.29 is 29.3 Å². The number of methoxy groups -OCH3 is 1. The molecule has 0 radical (unpaired) electrons. The number of carbonyl (C=O) groups is 3. The summed E-state index contributed by atoms with van der Waals surface area (Å²) in [6.45, 7) is -0.125. The summed E-state index contributed by atoms with van der Waals surface area (Å²) in [5.41, 5.74) is 1.43. The number of carbonyl (C=O) groups excluding carboxylic acids is 3. The number of hydrogen-bond acceptors (Lipinski definition) is 7. The number of hydrogen-bond donors (Lipinski definition) is 3. The fourth-order valence-corrected chi connectivity index (χ4v) is 3.63. The van der Waals surface area contributed by atoms with Gasteiger partial charge in [0.2, 0.25) is 5.91 Å². The second-order valence-electron chi connectivity index (χ2n) is 6.47. The van der Waals surface area contributed by atoms with E-state index in [4.69, 9.17) is 4.74 Å². The van der Waals surface area contributed by atoms with E-state index in [0.717, 1.165) is 22.2 Å². The van der Waals surface area contributed by atoms with E-state index >= 15 is 0 Å². The van der Waals surface area contributed by atoms with Crippen LogP contribution in [-0.2, 0) is 16.0 Å². The van der Waals surface area contributed by atoms with Gasteiger partial charge in [-0.2, -0.15) is 0 Å². The lowest BCUT2D eigenvalue weighted by Crippen LogP contribution is -2.40. The van der Waals surface area contributed by atoms with E-state index in [1.54, 1.807) is 36.4 Å². The monoisotopic (exact) mass is 428 g/mol. The second-order valence-corrected chi connectivity index (χ2v) is 7.46. The minimum atomic E-state index is -0.522. The molecule has 1 heterocycles. The molecule has 3 N–H and O–H groups in total. The Bertz CT molecular complexity index is 1020. The molecule has 0 bridgehead atoms. The largest absolute Gasteiger partial charge is 0.504 e. The fraction of sp³-hybridized carbons (Fsp3) is 0.190. The Morgan fingerprint density at radius 2 is 1.97 bits per heavy atom. The van der Waals surface area contributed by atoms with Crippen molar-refractivity contribution in [1.29, 1.82) is 0 Å². The summed E-state index contributed by atoms with van der Waals surface area (Å²) in [6.07, 6.45) is 2.00. The first-order valence-electron chi connectivity index (χ1n) is 9.04. The third-order valence-corrected chi connectivity index (χ3v) is 5.25. The van der Waals surface area contributed by atoms with Gasteiger partial charge in [-0.15, -0.1) is 0 Å². The minimum absolute atomic E-state index is 0.218. The minimum Gasteiger partial charge on any atom is -0.504 e. The van der Waals surface area contributed by atoms with Crippen molar-refractivity contribution >= 4 is 34.9 Å². The van der Waals surface area contributed by atoms with Gasteiger partial charge in [0, 0.05) is 6.54 Å². The molecule has 1 aliphatic heterocycles. The van der Waals surface area contributed by atoms with Gasteiger partial charge in [-0.1, -0.05) is 18.2 Å². The number of aromatic hydroxyl groups is 2. The zero-order chi connectivity index (χ0) is 21.7. The van der Waals surface area contributed by atoms with Crippen LogP contribution >= 0.6 is 11.8 Å². The first kappa shape index (κ1) is 21.3. The Kier molecular flexibility index (Phi) is 6.63. The van der Waals surface area contributed by atoms with Crippen LogP contribution in [-0.4, -0.2) is 52.4 Å². The Labute approximate surface area is 177 Å².